The van der Waals surface area contributed by atoms with Crippen LogP contribution in [0, 0.1) is 39.9 Å². The van der Waals surface area contributed by atoms with E-state index in [2.05, 4.69) is 26.1 Å². The summed E-state index contributed by atoms with van der Waals surface area (Å²) in [4.78, 5) is 25.8. The van der Waals surface area contributed by atoms with Crippen LogP contribution in [0.4, 0.5) is 5.69 Å². The van der Waals surface area contributed by atoms with Gasteiger partial charge in [0, 0.05) is 43.3 Å². The largest absolute Gasteiger partial charge is 0.502 e. The minimum absolute atomic E-state index is 0.00344. The number of ether oxygens (including phenoxy) is 4. The van der Waals surface area contributed by atoms with E-state index in [-0.39, 0.29) is 53.0 Å². The quantitative estimate of drug-likeness (QED) is 0.327. The summed E-state index contributed by atoms with van der Waals surface area (Å²) in [5.41, 5.74) is 0.241. The predicted octanol–water partition coefficient (Wildman–Crippen LogP) is 5.75. The molecule has 5 rings (SSSR count). The van der Waals surface area contributed by atoms with Crippen LogP contribution in [0.25, 0.3) is 0 Å². The number of hydrogen-bond acceptors (Lipinski definition) is 9. The lowest BCUT2D eigenvalue weighted by atomic mass is 9.37. The number of anilines is 1. The maximum Gasteiger partial charge on any atom is 0.376 e. The third kappa shape index (κ3) is 4.95. The van der Waals surface area contributed by atoms with Crippen molar-refractivity contribution in [2.45, 2.75) is 78.3 Å². The molecule has 4 aliphatic rings. The van der Waals surface area contributed by atoms with Crippen LogP contribution in [0.2, 0.25) is 5.02 Å². The standard InChI is InChI=1S/C33H46ClNO8/c1-17-21(40-6)15-23-31(2)13-11-24(36)33(4,16-42-28(38)19-14-18(34)8-9-20(19)35-5)22(31)10-12-32(23,3)26(17)25-27(37)29(39)43-30(25)41-7/h8-9,14,17,21-24,26,30,35-37H,10-13,15-16H2,1-7H3/t17-,21+,22-,23?,24+,26-,30+,31+,32+,33+/m1/s1. The summed E-state index contributed by atoms with van der Waals surface area (Å²) in [6.45, 7) is 8.80. The van der Waals surface area contributed by atoms with Crippen molar-refractivity contribution in [2.75, 3.05) is 33.2 Å². The number of esters is 2. The summed E-state index contributed by atoms with van der Waals surface area (Å²) in [7, 11) is 4.93. The van der Waals surface area contributed by atoms with E-state index in [1.165, 1.54) is 7.11 Å². The molecule has 238 valence electrons. The number of benzene rings is 1. The van der Waals surface area contributed by atoms with Crippen molar-refractivity contribution >= 4 is 29.2 Å². The Kier molecular flexibility index (Phi) is 8.61. The van der Waals surface area contributed by atoms with Crippen LogP contribution in [-0.4, -0.2) is 68.5 Å². The van der Waals surface area contributed by atoms with Crippen LogP contribution in [0.1, 0.15) is 70.2 Å². The van der Waals surface area contributed by atoms with Crippen LogP contribution in [0.15, 0.2) is 29.5 Å². The van der Waals surface area contributed by atoms with E-state index in [4.69, 9.17) is 30.5 Å². The molecule has 1 unspecified atom stereocenters. The lowest BCUT2D eigenvalue weighted by molar-refractivity contribution is -0.227. The molecule has 0 bridgehead atoms. The monoisotopic (exact) mass is 619 g/mol. The van der Waals surface area contributed by atoms with Gasteiger partial charge in [0.15, 0.2) is 0 Å². The van der Waals surface area contributed by atoms with Crippen molar-refractivity contribution in [1.29, 1.82) is 0 Å². The lowest BCUT2D eigenvalue weighted by Gasteiger charge is -2.68. The molecule has 0 amide bonds. The predicted molar refractivity (Wildman–Crippen MR) is 162 cm³/mol. The molecule has 1 aromatic carbocycles. The van der Waals surface area contributed by atoms with Crippen LogP contribution >= 0.6 is 11.6 Å². The second-order valence-corrected chi connectivity index (χ2v) is 14.3. The van der Waals surface area contributed by atoms with Gasteiger partial charge in [0.25, 0.3) is 0 Å². The van der Waals surface area contributed by atoms with Crippen molar-refractivity contribution in [2.24, 2.45) is 39.9 Å². The number of aliphatic hydroxyl groups excluding tert-OH is 2. The van der Waals surface area contributed by atoms with Crippen molar-refractivity contribution < 1.29 is 38.7 Å². The van der Waals surface area contributed by atoms with Gasteiger partial charge in [-0.05, 0) is 78.9 Å². The average molecular weight is 620 g/mol. The smallest absolute Gasteiger partial charge is 0.376 e. The lowest BCUT2D eigenvalue weighted by Crippen LogP contribution is -2.65. The second-order valence-electron chi connectivity index (χ2n) is 13.9. The molecular weight excluding hydrogens is 574 g/mol. The molecule has 10 atom stereocenters. The summed E-state index contributed by atoms with van der Waals surface area (Å²) in [6, 6.07) is 5.05. The van der Waals surface area contributed by atoms with Gasteiger partial charge in [-0.15, -0.1) is 0 Å². The van der Waals surface area contributed by atoms with Crippen LogP contribution in [0.3, 0.4) is 0 Å². The molecule has 1 heterocycles. The number of carbonyl (C=O) groups is 2. The van der Waals surface area contributed by atoms with Crippen LogP contribution in [-0.2, 0) is 23.7 Å². The Morgan fingerprint density at radius 2 is 1.81 bits per heavy atom. The maximum atomic E-state index is 13.3. The number of hydrogen-bond donors (Lipinski definition) is 3. The number of fused-ring (bicyclic) bond motifs is 3. The van der Waals surface area contributed by atoms with Crippen LogP contribution in [0.5, 0.6) is 0 Å². The summed E-state index contributed by atoms with van der Waals surface area (Å²) >= 11 is 6.19. The van der Waals surface area contributed by atoms with Crippen molar-refractivity contribution in [3.05, 3.63) is 40.1 Å². The maximum absolute atomic E-state index is 13.3. The van der Waals surface area contributed by atoms with Gasteiger partial charge < -0.3 is 34.5 Å². The molecule has 43 heavy (non-hydrogen) atoms. The molecule has 0 aromatic heterocycles. The Bertz CT molecular complexity index is 1300. The van der Waals surface area contributed by atoms with E-state index < -0.39 is 29.7 Å². The summed E-state index contributed by atoms with van der Waals surface area (Å²) < 4.78 is 23.0. The fourth-order valence-electron chi connectivity index (χ4n) is 9.83. The number of methoxy groups -OCH3 is 2. The Balaban J connectivity index is 1.49. The highest BCUT2D eigenvalue weighted by Gasteiger charge is 2.67. The number of aliphatic hydroxyl groups is 2. The topological polar surface area (TPSA) is 124 Å². The van der Waals surface area contributed by atoms with Gasteiger partial charge in [-0.1, -0.05) is 39.3 Å². The zero-order chi connectivity index (χ0) is 31.5. The molecule has 1 aliphatic heterocycles. The summed E-state index contributed by atoms with van der Waals surface area (Å²) in [5.74, 6) is -1.65. The van der Waals surface area contributed by atoms with Gasteiger partial charge in [0.2, 0.25) is 12.0 Å². The van der Waals surface area contributed by atoms with E-state index in [9.17, 15) is 19.8 Å². The second kappa shape index (κ2) is 11.5. The Morgan fingerprint density at radius 1 is 1.12 bits per heavy atom. The van der Waals surface area contributed by atoms with Crippen LogP contribution < -0.4 is 5.32 Å². The number of halogens is 1. The normalized spacial score (nSPS) is 40.9. The van der Waals surface area contributed by atoms with Crippen molar-refractivity contribution in [3.63, 3.8) is 0 Å². The molecule has 0 spiro atoms. The summed E-state index contributed by atoms with van der Waals surface area (Å²) in [6.07, 6.45) is 2.05. The van der Waals surface area contributed by atoms with E-state index >= 15 is 0 Å². The third-order valence-corrected chi connectivity index (χ3v) is 12.2. The highest BCUT2D eigenvalue weighted by molar-refractivity contribution is 6.31. The first-order chi connectivity index (χ1) is 20.3. The third-order valence-electron chi connectivity index (χ3n) is 11.9. The first-order valence-electron chi connectivity index (χ1n) is 15.3. The fraction of sp³-hybridized carbons (Fsp3) is 0.697. The first-order valence-corrected chi connectivity index (χ1v) is 15.7. The number of cyclic esters (lactones) is 1. The fourth-order valence-corrected chi connectivity index (χ4v) is 10.0. The highest BCUT2D eigenvalue weighted by atomic mass is 35.5. The van der Waals surface area contributed by atoms with E-state index in [0.29, 0.717) is 28.3 Å². The molecule has 9 nitrogen and oxygen atoms in total. The minimum Gasteiger partial charge on any atom is -0.502 e. The minimum atomic E-state index is -0.939. The zero-order valence-electron chi connectivity index (χ0n) is 26.2. The van der Waals surface area contributed by atoms with E-state index in [0.717, 1.165) is 25.7 Å². The molecular formula is C33H46ClNO8. The number of nitrogens with one attached hydrogen (secondary N) is 1. The SMILES string of the molecule is CNc1ccc(Cl)cc1C(=O)OC[C@]1(C)[C@@H](O)CC[C@]2(C)C3C[C@H](OC)[C@@H](C)[C@H](C4=C(O)C(=O)O[C@@H]4OC)[C@@]3(C)CC[C@@H]12. The van der Waals surface area contributed by atoms with Gasteiger partial charge in [-0.2, -0.15) is 0 Å². The van der Waals surface area contributed by atoms with Gasteiger partial charge in [-0.3, -0.25) is 0 Å². The Labute approximate surface area is 259 Å². The molecule has 3 N–H and O–H groups in total. The molecule has 3 fully saturated rings. The molecule has 3 aliphatic carbocycles. The molecule has 0 saturated heterocycles. The summed E-state index contributed by atoms with van der Waals surface area (Å²) in [5, 5.41) is 25.9. The Morgan fingerprint density at radius 3 is 2.47 bits per heavy atom. The van der Waals surface area contributed by atoms with Crippen molar-refractivity contribution in [1.82, 2.24) is 0 Å². The van der Waals surface area contributed by atoms with Gasteiger partial charge >= 0.3 is 11.9 Å². The van der Waals surface area contributed by atoms with E-state index in [1.807, 2.05) is 6.92 Å². The van der Waals surface area contributed by atoms with E-state index in [1.54, 1.807) is 32.4 Å². The molecule has 1 aromatic rings. The average Bonchev–Trinajstić information content (AvgIpc) is 3.26. The zero-order valence-corrected chi connectivity index (χ0v) is 27.0. The van der Waals surface area contributed by atoms with Gasteiger partial charge in [0.1, 0.15) is 0 Å². The van der Waals surface area contributed by atoms with Crippen molar-refractivity contribution in [3.8, 4) is 0 Å². The number of carbonyl (C=O) groups excluding carboxylic acids is 2. The molecule has 10 heteroatoms. The van der Waals surface area contributed by atoms with Gasteiger partial charge in [0.05, 0.1) is 30.0 Å². The first kappa shape index (κ1) is 32.1. The Hall–Kier alpha value is -2.33. The number of rotatable bonds is 7. The highest BCUT2D eigenvalue weighted by Crippen LogP contribution is 2.70. The molecule has 0 radical (unpaired) electrons. The molecule has 3 saturated carbocycles. The van der Waals surface area contributed by atoms with Gasteiger partial charge in [-0.25, -0.2) is 9.59 Å².